The van der Waals surface area contributed by atoms with Crippen molar-refractivity contribution >= 4 is 28.9 Å². The van der Waals surface area contributed by atoms with Crippen LogP contribution in [0.1, 0.15) is 6.42 Å². The van der Waals surface area contributed by atoms with Gasteiger partial charge in [-0.25, -0.2) is 0 Å². The lowest BCUT2D eigenvalue weighted by molar-refractivity contribution is -0.135. The summed E-state index contributed by atoms with van der Waals surface area (Å²) >= 11 is 4.58. The Morgan fingerprint density at radius 3 is 2.22 bits per heavy atom. The van der Waals surface area contributed by atoms with Crippen LogP contribution in [0.15, 0.2) is 0 Å². The molecule has 0 spiro atoms. The van der Waals surface area contributed by atoms with E-state index in [0.29, 0.717) is 0 Å². The van der Waals surface area contributed by atoms with E-state index in [-0.39, 0.29) is 23.1 Å². The summed E-state index contributed by atoms with van der Waals surface area (Å²) in [5.74, 6) is -0.528. The minimum absolute atomic E-state index is 0.116. The summed E-state index contributed by atoms with van der Waals surface area (Å²) in [6.45, 7) is 0. The number of nitrogens with zero attached hydrogens (tertiary/aromatic N) is 1. The second-order valence-electron chi connectivity index (χ2n) is 1.86. The average molecular weight is 143 g/mol. The standard InChI is InChI=1S/C5H5NO2S/c1-6-4(7)2-3(9)5(6)8/h2H2,1H3. The zero-order valence-corrected chi connectivity index (χ0v) is 5.70. The van der Waals surface area contributed by atoms with Crippen LogP contribution in [0.4, 0.5) is 0 Å². The van der Waals surface area contributed by atoms with Crippen molar-refractivity contribution in [2.45, 2.75) is 6.42 Å². The number of rotatable bonds is 0. The first kappa shape index (κ1) is 6.35. The van der Waals surface area contributed by atoms with Gasteiger partial charge in [0.25, 0.3) is 5.91 Å². The fourth-order valence-electron chi connectivity index (χ4n) is 0.632. The van der Waals surface area contributed by atoms with E-state index in [2.05, 4.69) is 12.2 Å². The fraction of sp³-hybridized carbons (Fsp3) is 0.400. The minimum atomic E-state index is -0.324. The van der Waals surface area contributed by atoms with Crippen molar-refractivity contribution in [3.05, 3.63) is 0 Å². The number of hydrogen-bond donors (Lipinski definition) is 0. The van der Waals surface area contributed by atoms with Crippen molar-refractivity contribution in [2.24, 2.45) is 0 Å². The Labute approximate surface area is 57.6 Å². The van der Waals surface area contributed by atoms with E-state index in [1.807, 2.05) is 0 Å². The molecule has 0 saturated carbocycles. The van der Waals surface area contributed by atoms with E-state index in [4.69, 9.17) is 0 Å². The molecule has 1 aliphatic heterocycles. The third-order valence-corrected chi connectivity index (χ3v) is 1.55. The quantitative estimate of drug-likeness (QED) is 0.346. The van der Waals surface area contributed by atoms with Crippen LogP contribution >= 0.6 is 12.2 Å². The van der Waals surface area contributed by atoms with E-state index < -0.39 is 0 Å². The van der Waals surface area contributed by atoms with Gasteiger partial charge in [-0.2, -0.15) is 0 Å². The third kappa shape index (κ3) is 0.853. The second-order valence-corrected chi connectivity index (χ2v) is 2.35. The molecule has 1 heterocycles. The van der Waals surface area contributed by atoms with Crippen molar-refractivity contribution < 1.29 is 9.59 Å². The molecule has 0 bridgehead atoms. The lowest BCUT2D eigenvalue weighted by Crippen LogP contribution is -2.25. The zero-order valence-electron chi connectivity index (χ0n) is 4.88. The van der Waals surface area contributed by atoms with Crippen molar-refractivity contribution in [2.75, 3.05) is 7.05 Å². The fourth-order valence-corrected chi connectivity index (χ4v) is 0.892. The zero-order chi connectivity index (χ0) is 7.02. The minimum Gasteiger partial charge on any atom is -0.281 e. The molecular formula is C5H5NO2S. The summed E-state index contributed by atoms with van der Waals surface area (Å²) in [6, 6.07) is 0. The molecule has 2 amide bonds. The highest BCUT2D eigenvalue weighted by molar-refractivity contribution is 7.82. The van der Waals surface area contributed by atoms with Crippen molar-refractivity contribution in [1.29, 1.82) is 0 Å². The first-order valence-corrected chi connectivity index (χ1v) is 2.87. The molecule has 1 rings (SSSR count). The van der Waals surface area contributed by atoms with Gasteiger partial charge in [0.15, 0.2) is 0 Å². The highest BCUT2D eigenvalue weighted by Gasteiger charge is 2.30. The van der Waals surface area contributed by atoms with E-state index in [1.165, 1.54) is 7.05 Å². The number of likely N-dealkylation sites (tertiary alicyclic amines) is 1. The van der Waals surface area contributed by atoms with E-state index >= 15 is 0 Å². The van der Waals surface area contributed by atoms with Gasteiger partial charge >= 0.3 is 0 Å². The predicted octanol–water partition coefficient (Wildman–Crippen LogP) is -0.255. The monoisotopic (exact) mass is 143 g/mol. The molecule has 48 valence electrons. The van der Waals surface area contributed by atoms with Crippen LogP contribution in [-0.2, 0) is 9.59 Å². The van der Waals surface area contributed by atoms with Crippen LogP contribution in [-0.4, -0.2) is 28.6 Å². The maximum Gasteiger partial charge on any atom is 0.267 e. The predicted molar refractivity (Wildman–Crippen MR) is 35.0 cm³/mol. The maximum atomic E-state index is 10.7. The van der Waals surface area contributed by atoms with Crippen LogP contribution in [0.2, 0.25) is 0 Å². The molecule has 0 unspecified atom stereocenters. The smallest absolute Gasteiger partial charge is 0.267 e. The van der Waals surface area contributed by atoms with Crippen molar-refractivity contribution in [3.63, 3.8) is 0 Å². The molecule has 0 aromatic carbocycles. The molecule has 1 aliphatic rings. The highest BCUT2D eigenvalue weighted by atomic mass is 32.1. The number of thiocarbonyl (C=S) groups is 1. The average Bonchev–Trinajstić information content (AvgIpc) is 1.98. The second kappa shape index (κ2) is 1.88. The Morgan fingerprint density at radius 1 is 1.56 bits per heavy atom. The summed E-state index contributed by atoms with van der Waals surface area (Å²) in [6.07, 6.45) is 0.116. The van der Waals surface area contributed by atoms with Gasteiger partial charge in [-0.15, -0.1) is 0 Å². The largest absolute Gasteiger partial charge is 0.281 e. The summed E-state index contributed by atoms with van der Waals surface area (Å²) in [7, 11) is 1.43. The van der Waals surface area contributed by atoms with Crippen LogP contribution in [0.25, 0.3) is 0 Å². The number of carbonyl (C=O) groups is 2. The van der Waals surface area contributed by atoms with Crippen LogP contribution in [0, 0.1) is 0 Å². The number of imide groups is 1. The molecule has 0 aromatic heterocycles. The molecule has 0 radical (unpaired) electrons. The van der Waals surface area contributed by atoms with E-state index in [9.17, 15) is 9.59 Å². The first-order valence-electron chi connectivity index (χ1n) is 2.46. The van der Waals surface area contributed by atoms with E-state index in [0.717, 1.165) is 4.90 Å². The molecule has 4 heteroatoms. The number of amides is 2. The molecule has 1 fully saturated rings. The van der Waals surface area contributed by atoms with Gasteiger partial charge in [-0.05, 0) is 0 Å². The third-order valence-electron chi connectivity index (χ3n) is 1.23. The van der Waals surface area contributed by atoms with Crippen molar-refractivity contribution in [3.8, 4) is 0 Å². The molecule has 1 saturated heterocycles. The molecule has 0 aliphatic carbocycles. The highest BCUT2D eigenvalue weighted by Crippen LogP contribution is 2.06. The van der Waals surface area contributed by atoms with Crippen molar-refractivity contribution in [1.82, 2.24) is 4.90 Å². The molecular weight excluding hydrogens is 138 g/mol. The summed E-state index contributed by atoms with van der Waals surface area (Å²) in [4.78, 5) is 22.6. The number of carbonyl (C=O) groups excluding carboxylic acids is 2. The van der Waals surface area contributed by atoms with Gasteiger partial charge in [0.05, 0.1) is 11.3 Å². The SMILES string of the molecule is CN1C(=O)CC(=S)C1=O. The molecule has 9 heavy (non-hydrogen) atoms. The first-order chi connectivity index (χ1) is 4.13. The Kier molecular flexibility index (Phi) is 1.32. The Bertz CT molecular complexity index is 199. The lowest BCUT2D eigenvalue weighted by atomic mass is 10.4. The maximum absolute atomic E-state index is 10.7. The summed E-state index contributed by atoms with van der Waals surface area (Å²) in [5, 5.41) is 0. The molecule has 3 nitrogen and oxygen atoms in total. The topological polar surface area (TPSA) is 37.4 Å². The molecule has 0 N–H and O–H groups in total. The summed E-state index contributed by atoms with van der Waals surface area (Å²) in [5.41, 5.74) is 0. The Balaban J connectivity index is 2.90. The Morgan fingerprint density at radius 2 is 2.11 bits per heavy atom. The molecule has 0 aromatic rings. The lowest BCUT2D eigenvalue weighted by Gasteiger charge is -2.00. The van der Waals surface area contributed by atoms with Crippen LogP contribution < -0.4 is 0 Å². The van der Waals surface area contributed by atoms with Crippen LogP contribution in [0.5, 0.6) is 0 Å². The van der Waals surface area contributed by atoms with Gasteiger partial charge in [0.1, 0.15) is 0 Å². The van der Waals surface area contributed by atoms with E-state index in [1.54, 1.807) is 0 Å². The van der Waals surface area contributed by atoms with Gasteiger partial charge in [0.2, 0.25) is 5.91 Å². The van der Waals surface area contributed by atoms with Gasteiger partial charge in [0, 0.05) is 7.05 Å². The summed E-state index contributed by atoms with van der Waals surface area (Å²) < 4.78 is 0. The normalized spacial score (nSPS) is 19.7. The van der Waals surface area contributed by atoms with Crippen LogP contribution in [0.3, 0.4) is 0 Å². The van der Waals surface area contributed by atoms with Gasteiger partial charge in [-0.1, -0.05) is 12.2 Å². The van der Waals surface area contributed by atoms with Gasteiger partial charge in [-0.3, -0.25) is 14.5 Å². The Hall–Kier alpha value is -0.770. The number of hydrogen-bond acceptors (Lipinski definition) is 3. The van der Waals surface area contributed by atoms with Gasteiger partial charge < -0.3 is 0 Å². The molecule has 0 atom stereocenters.